The van der Waals surface area contributed by atoms with Crippen LogP contribution in [0, 0.1) is 0 Å². The molecule has 0 unspecified atom stereocenters. The smallest absolute Gasteiger partial charge is 0.236 e. The van der Waals surface area contributed by atoms with Gasteiger partial charge in [0.1, 0.15) is 0 Å². The molecule has 4 heteroatoms. The van der Waals surface area contributed by atoms with Gasteiger partial charge in [-0.3, -0.25) is 9.69 Å². The second-order valence-electron chi connectivity index (χ2n) is 5.14. The van der Waals surface area contributed by atoms with E-state index < -0.39 is 0 Å². The van der Waals surface area contributed by atoms with Gasteiger partial charge in [-0.25, -0.2) is 0 Å². The quantitative estimate of drug-likeness (QED) is 0.761. The number of rotatable bonds is 4. The van der Waals surface area contributed by atoms with E-state index >= 15 is 0 Å². The Balaban J connectivity index is 2.44. The van der Waals surface area contributed by atoms with Crippen LogP contribution in [0.15, 0.2) is 0 Å². The molecular formula is C12H25N3O. The molecule has 0 saturated carbocycles. The lowest BCUT2D eigenvalue weighted by Gasteiger charge is -2.37. The van der Waals surface area contributed by atoms with Crippen molar-refractivity contribution >= 4 is 5.91 Å². The number of nitrogens with zero attached hydrogens (tertiary/aromatic N) is 2. The minimum Gasteiger partial charge on any atom is -0.340 e. The molecule has 1 N–H and O–H groups in total. The van der Waals surface area contributed by atoms with Gasteiger partial charge in [0.05, 0.1) is 6.54 Å². The lowest BCUT2D eigenvalue weighted by Crippen LogP contribution is -2.51. The average Bonchev–Trinajstić information content (AvgIpc) is 2.29. The molecule has 1 aliphatic rings. The van der Waals surface area contributed by atoms with E-state index in [0.29, 0.717) is 6.54 Å². The van der Waals surface area contributed by atoms with Crippen molar-refractivity contribution in [1.29, 1.82) is 0 Å². The number of likely N-dealkylation sites (N-methyl/N-ethyl adjacent to an activating group) is 1. The van der Waals surface area contributed by atoms with E-state index in [0.717, 1.165) is 32.6 Å². The molecule has 0 aliphatic carbocycles. The fraction of sp³-hybridized carbons (Fsp3) is 0.917. The molecule has 0 aromatic carbocycles. The third-order valence-corrected chi connectivity index (χ3v) is 3.72. The first-order valence-corrected chi connectivity index (χ1v) is 6.17. The molecule has 0 aromatic heterocycles. The minimum absolute atomic E-state index is 0.0366. The Kier molecular flexibility index (Phi) is 4.74. The molecule has 0 radical (unpaired) electrons. The normalized spacial score (nSPS) is 18.5. The minimum atomic E-state index is -0.0366. The highest BCUT2D eigenvalue weighted by Crippen LogP contribution is 2.16. The van der Waals surface area contributed by atoms with Crippen LogP contribution in [0.25, 0.3) is 0 Å². The number of amides is 1. The molecular weight excluding hydrogens is 202 g/mol. The zero-order chi connectivity index (χ0) is 12.2. The van der Waals surface area contributed by atoms with E-state index in [9.17, 15) is 4.79 Å². The highest BCUT2D eigenvalue weighted by Gasteiger charge is 2.26. The lowest BCUT2D eigenvalue weighted by molar-refractivity contribution is -0.136. The van der Waals surface area contributed by atoms with Gasteiger partial charge in [-0.1, -0.05) is 6.92 Å². The average molecular weight is 227 g/mol. The Bertz CT molecular complexity index is 234. The van der Waals surface area contributed by atoms with Crippen molar-refractivity contribution < 1.29 is 4.79 Å². The SMILES string of the molecule is CCC(C)(C)N(C)C(=O)CN1CCNCC1. The summed E-state index contributed by atoms with van der Waals surface area (Å²) in [5.41, 5.74) is -0.0366. The first-order valence-electron chi connectivity index (χ1n) is 6.17. The molecule has 0 aromatic rings. The van der Waals surface area contributed by atoms with Gasteiger partial charge in [0.25, 0.3) is 0 Å². The van der Waals surface area contributed by atoms with Crippen molar-refractivity contribution in [1.82, 2.24) is 15.1 Å². The maximum atomic E-state index is 12.1. The largest absolute Gasteiger partial charge is 0.340 e. The Morgan fingerprint density at radius 1 is 1.38 bits per heavy atom. The Morgan fingerprint density at radius 3 is 2.44 bits per heavy atom. The van der Waals surface area contributed by atoms with Crippen LogP contribution in [0.4, 0.5) is 0 Å². The fourth-order valence-corrected chi connectivity index (χ4v) is 1.74. The molecule has 1 heterocycles. The van der Waals surface area contributed by atoms with Crippen molar-refractivity contribution in [2.24, 2.45) is 0 Å². The van der Waals surface area contributed by atoms with E-state index in [2.05, 4.69) is 31.0 Å². The molecule has 94 valence electrons. The number of nitrogens with one attached hydrogen (secondary N) is 1. The predicted molar refractivity (Wildman–Crippen MR) is 66.4 cm³/mol. The molecule has 0 bridgehead atoms. The fourth-order valence-electron chi connectivity index (χ4n) is 1.74. The van der Waals surface area contributed by atoms with Crippen LogP contribution in [0.5, 0.6) is 0 Å². The van der Waals surface area contributed by atoms with Gasteiger partial charge in [0.15, 0.2) is 0 Å². The second-order valence-corrected chi connectivity index (χ2v) is 5.14. The Hall–Kier alpha value is -0.610. The maximum absolute atomic E-state index is 12.1. The van der Waals surface area contributed by atoms with Gasteiger partial charge >= 0.3 is 0 Å². The van der Waals surface area contributed by atoms with E-state index in [-0.39, 0.29) is 11.4 Å². The van der Waals surface area contributed by atoms with Crippen LogP contribution in [-0.4, -0.2) is 61.0 Å². The summed E-state index contributed by atoms with van der Waals surface area (Å²) in [4.78, 5) is 16.2. The lowest BCUT2D eigenvalue weighted by atomic mass is 10.00. The van der Waals surface area contributed by atoms with Crippen molar-refractivity contribution in [2.45, 2.75) is 32.7 Å². The third kappa shape index (κ3) is 3.46. The topological polar surface area (TPSA) is 35.6 Å². The zero-order valence-electron chi connectivity index (χ0n) is 11.0. The number of hydrogen-bond acceptors (Lipinski definition) is 3. The molecule has 4 nitrogen and oxygen atoms in total. The molecule has 1 saturated heterocycles. The van der Waals surface area contributed by atoms with E-state index in [1.54, 1.807) is 0 Å². The first-order chi connectivity index (χ1) is 7.47. The van der Waals surface area contributed by atoms with Crippen molar-refractivity contribution in [3.63, 3.8) is 0 Å². The number of piperazine rings is 1. The summed E-state index contributed by atoms with van der Waals surface area (Å²) >= 11 is 0. The van der Waals surface area contributed by atoms with Gasteiger partial charge in [-0.15, -0.1) is 0 Å². The van der Waals surface area contributed by atoms with Crippen molar-refractivity contribution in [3.8, 4) is 0 Å². The van der Waals surface area contributed by atoms with Gasteiger partial charge in [0, 0.05) is 38.8 Å². The summed E-state index contributed by atoms with van der Waals surface area (Å²) in [5, 5.41) is 3.29. The highest BCUT2D eigenvalue weighted by atomic mass is 16.2. The number of carbonyl (C=O) groups excluding carboxylic acids is 1. The molecule has 1 aliphatic heterocycles. The van der Waals surface area contributed by atoms with Gasteiger partial charge in [-0.2, -0.15) is 0 Å². The summed E-state index contributed by atoms with van der Waals surface area (Å²) in [6.45, 7) is 10.8. The molecule has 0 spiro atoms. The number of carbonyl (C=O) groups is 1. The maximum Gasteiger partial charge on any atom is 0.236 e. The molecule has 1 rings (SSSR count). The van der Waals surface area contributed by atoms with Crippen molar-refractivity contribution in [3.05, 3.63) is 0 Å². The van der Waals surface area contributed by atoms with Crippen LogP contribution in [0.1, 0.15) is 27.2 Å². The highest BCUT2D eigenvalue weighted by molar-refractivity contribution is 5.78. The molecule has 0 atom stereocenters. The summed E-state index contributed by atoms with van der Waals surface area (Å²) in [6.07, 6.45) is 0.983. The van der Waals surface area contributed by atoms with Crippen LogP contribution in [0.3, 0.4) is 0 Å². The zero-order valence-corrected chi connectivity index (χ0v) is 11.0. The Labute approximate surface area is 99.0 Å². The molecule has 16 heavy (non-hydrogen) atoms. The van der Waals surface area contributed by atoms with Crippen LogP contribution < -0.4 is 5.32 Å². The monoisotopic (exact) mass is 227 g/mol. The summed E-state index contributed by atoms with van der Waals surface area (Å²) < 4.78 is 0. The molecule has 1 amide bonds. The first kappa shape index (κ1) is 13.5. The summed E-state index contributed by atoms with van der Waals surface area (Å²) in [6, 6.07) is 0. The van der Waals surface area contributed by atoms with Gasteiger partial charge in [0.2, 0.25) is 5.91 Å². The molecule has 1 fully saturated rings. The summed E-state index contributed by atoms with van der Waals surface area (Å²) in [7, 11) is 1.91. The van der Waals surface area contributed by atoms with Crippen molar-refractivity contribution in [2.75, 3.05) is 39.8 Å². The predicted octanol–water partition coefficient (Wildman–Crippen LogP) is 0.539. The van der Waals surface area contributed by atoms with Gasteiger partial charge in [-0.05, 0) is 20.3 Å². The number of hydrogen-bond donors (Lipinski definition) is 1. The van der Waals surface area contributed by atoms with Gasteiger partial charge < -0.3 is 10.2 Å². The van der Waals surface area contributed by atoms with E-state index in [1.165, 1.54) is 0 Å². The summed E-state index contributed by atoms with van der Waals surface area (Å²) in [5.74, 6) is 0.230. The third-order valence-electron chi connectivity index (χ3n) is 3.72. The van der Waals surface area contributed by atoms with E-state index in [1.807, 2.05) is 11.9 Å². The van der Waals surface area contributed by atoms with Crippen LogP contribution in [-0.2, 0) is 4.79 Å². The van der Waals surface area contributed by atoms with Crippen LogP contribution >= 0.6 is 0 Å². The van der Waals surface area contributed by atoms with Crippen LogP contribution in [0.2, 0.25) is 0 Å². The second kappa shape index (κ2) is 5.64. The van der Waals surface area contributed by atoms with E-state index in [4.69, 9.17) is 0 Å². The standard InChI is InChI=1S/C12H25N3O/c1-5-12(2,3)14(4)11(16)10-15-8-6-13-7-9-15/h13H,5-10H2,1-4H3. The Morgan fingerprint density at radius 2 is 1.94 bits per heavy atom.